The minimum Gasteiger partial charge on any atom is -0.309 e. The molecule has 0 saturated carbocycles. The number of amides is 1. The number of hydrogen-bond donors (Lipinski definition) is 1. The molecule has 0 unspecified atom stereocenters. The zero-order chi connectivity index (χ0) is 17.8. The Kier molecular flexibility index (Phi) is 5.33. The molecule has 0 radical (unpaired) electrons. The van der Waals surface area contributed by atoms with E-state index in [4.69, 9.17) is 0 Å². The van der Waals surface area contributed by atoms with E-state index >= 15 is 0 Å². The van der Waals surface area contributed by atoms with Gasteiger partial charge in [0, 0.05) is 31.4 Å². The minimum absolute atomic E-state index is 0.0786. The molecule has 130 valence electrons. The standard InChI is InChI=1S/C18H20BrN5O/c1-13-4-3-5-15(10-13)11-23-8-6-17(22-23)20-18(25)7-9-24-12-16(19)14(2)21-24/h3-6,8,10,12H,7,9,11H2,1-2H3,(H,20,22,25). The summed E-state index contributed by atoms with van der Waals surface area (Å²) in [6.07, 6.45) is 4.09. The molecule has 3 rings (SSSR count). The van der Waals surface area contributed by atoms with Crippen molar-refractivity contribution in [3.8, 4) is 0 Å². The Hall–Kier alpha value is -2.41. The summed E-state index contributed by atoms with van der Waals surface area (Å²) in [6.45, 7) is 5.19. The summed E-state index contributed by atoms with van der Waals surface area (Å²) in [5.41, 5.74) is 3.31. The summed E-state index contributed by atoms with van der Waals surface area (Å²) in [5.74, 6) is 0.487. The Morgan fingerprint density at radius 2 is 2.04 bits per heavy atom. The number of benzene rings is 1. The van der Waals surface area contributed by atoms with Crippen molar-refractivity contribution in [1.82, 2.24) is 19.6 Å². The lowest BCUT2D eigenvalue weighted by molar-refractivity contribution is -0.116. The van der Waals surface area contributed by atoms with Gasteiger partial charge < -0.3 is 5.32 Å². The molecule has 2 aromatic heterocycles. The Balaban J connectivity index is 1.53. The lowest BCUT2D eigenvalue weighted by Gasteiger charge is -2.04. The van der Waals surface area contributed by atoms with Gasteiger partial charge in [-0.2, -0.15) is 10.2 Å². The van der Waals surface area contributed by atoms with Gasteiger partial charge in [0.25, 0.3) is 0 Å². The lowest BCUT2D eigenvalue weighted by Crippen LogP contribution is -2.15. The average Bonchev–Trinajstić information content (AvgIpc) is 3.12. The van der Waals surface area contributed by atoms with Crippen molar-refractivity contribution in [1.29, 1.82) is 0 Å². The van der Waals surface area contributed by atoms with Gasteiger partial charge in [0.2, 0.25) is 5.91 Å². The highest BCUT2D eigenvalue weighted by atomic mass is 79.9. The van der Waals surface area contributed by atoms with E-state index in [0.717, 1.165) is 10.2 Å². The molecule has 0 spiro atoms. The van der Waals surface area contributed by atoms with Gasteiger partial charge in [-0.3, -0.25) is 14.2 Å². The molecule has 25 heavy (non-hydrogen) atoms. The number of nitrogens with zero attached hydrogens (tertiary/aromatic N) is 4. The predicted octanol–water partition coefficient (Wildman–Crippen LogP) is 3.54. The Morgan fingerprint density at radius 3 is 2.76 bits per heavy atom. The summed E-state index contributed by atoms with van der Waals surface area (Å²) in [4.78, 5) is 12.1. The molecule has 0 aliphatic heterocycles. The predicted molar refractivity (Wildman–Crippen MR) is 100 cm³/mol. The van der Waals surface area contributed by atoms with E-state index in [2.05, 4.69) is 56.6 Å². The smallest absolute Gasteiger partial charge is 0.227 e. The molecule has 7 heteroatoms. The number of anilines is 1. The monoisotopic (exact) mass is 401 g/mol. The van der Waals surface area contributed by atoms with Gasteiger partial charge in [0.15, 0.2) is 5.82 Å². The number of aryl methyl sites for hydroxylation is 3. The summed E-state index contributed by atoms with van der Waals surface area (Å²) in [7, 11) is 0. The van der Waals surface area contributed by atoms with Crippen LogP contribution in [0.3, 0.4) is 0 Å². The van der Waals surface area contributed by atoms with Crippen LogP contribution in [0.2, 0.25) is 0 Å². The van der Waals surface area contributed by atoms with Gasteiger partial charge in [0.05, 0.1) is 16.7 Å². The van der Waals surface area contributed by atoms with Crippen LogP contribution in [0, 0.1) is 13.8 Å². The highest BCUT2D eigenvalue weighted by Gasteiger charge is 2.08. The van der Waals surface area contributed by atoms with Crippen LogP contribution in [0.5, 0.6) is 0 Å². The molecule has 1 amide bonds. The third-order valence-corrected chi connectivity index (χ3v) is 4.57. The van der Waals surface area contributed by atoms with Crippen molar-refractivity contribution in [3.05, 3.63) is 64.0 Å². The van der Waals surface area contributed by atoms with Gasteiger partial charge in [-0.05, 0) is 35.3 Å². The molecule has 0 aliphatic carbocycles. The second-order valence-corrected chi connectivity index (χ2v) is 6.87. The molecule has 0 fully saturated rings. The van der Waals surface area contributed by atoms with Crippen molar-refractivity contribution in [2.45, 2.75) is 33.4 Å². The first-order valence-electron chi connectivity index (χ1n) is 8.08. The first-order valence-corrected chi connectivity index (χ1v) is 8.87. The second-order valence-electron chi connectivity index (χ2n) is 6.01. The maximum Gasteiger partial charge on any atom is 0.227 e. The highest BCUT2D eigenvalue weighted by molar-refractivity contribution is 9.10. The molecule has 2 heterocycles. The van der Waals surface area contributed by atoms with Crippen LogP contribution in [-0.2, 0) is 17.9 Å². The van der Waals surface area contributed by atoms with E-state index in [1.54, 1.807) is 4.68 Å². The molecule has 3 aromatic rings. The van der Waals surface area contributed by atoms with Crippen molar-refractivity contribution < 1.29 is 4.79 Å². The zero-order valence-electron chi connectivity index (χ0n) is 14.2. The van der Waals surface area contributed by atoms with Crippen LogP contribution in [0.25, 0.3) is 0 Å². The largest absolute Gasteiger partial charge is 0.309 e. The van der Waals surface area contributed by atoms with Crippen LogP contribution < -0.4 is 5.32 Å². The van der Waals surface area contributed by atoms with Crippen LogP contribution in [-0.4, -0.2) is 25.5 Å². The maximum atomic E-state index is 12.1. The number of hydrogen-bond acceptors (Lipinski definition) is 3. The number of nitrogens with one attached hydrogen (secondary N) is 1. The van der Waals surface area contributed by atoms with E-state index in [9.17, 15) is 4.79 Å². The summed E-state index contributed by atoms with van der Waals surface area (Å²) < 4.78 is 4.52. The zero-order valence-corrected chi connectivity index (χ0v) is 15.8. The second kappa shape index (κ2) is 7.65. The molecule has 0 atom stereocenters. The van der Waals surface area contributed by atoms with Gasteiger partial charge in [-0.15, -0.1) is 0 Å². The third-order valence-electron chi connectivity index (χ3n) is 3.79. The van der Waals surface area contributed by atoms with Gasteiger partial charge in [0.1, 0.15) is 0 Å². The van der Waals surface area contributed by atoms with Crippen molar-refractivity contribution in [2.24, 2.45) is 0 Å². The third kappa shape index (κ3) is 4.79. The van der Waals surface area contributed by atoms with Crippen molar-refractivity contribution in [3.63, 3.8) is 0 Å². The number of carbonyl (C=O) groups excluding carboxylic acids is 1. The quantitative estimate of drug-likeness (QED) is 0.686. The first kappa shape index (κ1) is 17.4. The SMILES string of the molecule is Cc1cccc(Cn2ccc(NC(=O)CCn3cc(Br)c(C)n3)n2)c1. The van der Waals surface area contributed by atoms with Crippen LogP contribution in [0.4, 0.5) is 5.82 Å². The van der Waals surface area contributed by atoms with E-state index in [0.29, 0.717) is 25.3 Å². The van der Waals surface area contributed by atoms with Gasteiger partial charge in [-0.1, -0.05) is 29.8 Å². The van der Waals surface area contributed by atoms with Crippen molar-refractivity contribution in [2.75, 3.05) is 5.32 Å². The Bertz CT molecular complexity index is 864. The van der Waals surface area contributed by atoms with E-state index in [1.807, 2.05) is 36.1 Å². The van der Waals surface area contributed by atoms with E-state index in [-0.39, 0.29) is 5.91 Å². The summed E-state index contributed by atoms with van der Waals surface area (Å²) in [5, 5.41) is 11.5. The molecule has 6 nitrogen and oxygen atoms in total. The van der Waals surface area contributed by atoms with Crippen molar-refractivity contribution >= 4 is 27.7 Å². The normalized spacial score (nSPS) is 10.8. The fourth-order valence-electron chi connectivity index (χ4n) is 2.54. The van der Waals surface area contributed by atoms with Gasteiger partial charge in [-0.25, -0.2) is 0 Å². The topological polar surface area (TPSA) is 64.7 Å². The average molecular weight is 402 g/mol. The minimum atomic E-state index is -0.0786. The maximum absolute atomic E-state index is 12.1. The summed E-state index contributed by atoms with van der Waals surface area (Å²) >= 11 is 3.41. The molecular weight excluding hydrogens is 382 g/mol. The van der Waals surface area contributed by atoms with E-state index in [1.165, 1.54) is 11.1 Å². The fraction of sp³-hybridized carbons (Fsp3) is 0.278. The fourth-order valence-corrected chi connectivity index (χ4v) is 2.86. The summed E-state index contributed by atoms with van der Waals surface area (Å²) in [6, 6.07) is 10.1. The molecular formula is C18H20BrN5O. The number of carbonyl (C=O) groups is 1. The molecule has 1 aromatic carbocycles. The molecule has 0 aliphatic rings. The number of rotatable bonds is 6. The van der Waals surface area contributed by atoms with Crippen LogP contribution >= 0.6 is 15.9 Å². The Morgan fingerprint density at radius 1 is 1.20 bits per heavy atom. The lowest BCUT2D eigenvalue weighted by atomic mass is 10.1. The molecule has 0 saturated heterocycles. The molecule has 0 bridgehead atoms. The first-order chi connectivity index (χ1) is 12.0. The number of halogens is 1. The Labute approximate surface area is 155 Å². The number of aromatic nitrogens is 4. The van der Waals surface area contributed by atoms with E-state index < -0.39 is 0 Å². The molecule has 1 N–H and O–H groups in total. The van der Waals surface area contributed by atoms with Gasteiger partial charge >= 0.3 is 0 Å². The van der Waals surface area contributed by atoms with Crippen LogP contribution in [0.1, 0.15) is 23.2 Å². The highest BCUT2D eigenvalue weighted by Crippen LogP contribution is 2.13. The van der Waals surface area contributed by atoms with Crippen LogP contribution in [0.15, 0.2) is 47.2 Å².